The maximum Gasteiger partial charge on any atom is 0.320 e. The first-order chi connectivity index (χ1) is 6.75. The molecule has 0 spiro atoms. The lowest BCUT2D eigenvalue weighted by Crippen LogP contribution is -2.41. The normalized spacial score (nSPS) is 13.7. The summed E-state index contributed by atoms with van der Waals surface area (Å²) in [5.74, 6) is -2.78. The monoisotopic (exact) mass is 216 g/mol. The molecule has 0 fully saturated rings. The number of carbonyl (C=O) groups is 2. The van der Waals surface area contributed by atoms with Crippen LogP contribution in [0.25, 0.3) is 0 Å². The molecule has 0 heterocycles. The molecule has 1 N–H and O–H groups in total. The number of rotatable bonds is 5. The van der Waals surface area contributed by atoms with Crippen LogP contribution in [0, 0.1) is 17.3 Å². The minimum Gasteiger partial charge on any atom is -0.481 e. The fourth-order valence-electron chi connectivity index (χ4n) is 1.28. The molecule has 0 aliphatic carbocycles. The number of hydrogen-bond acceptors (Lipinski definition) is 3. The van der Waals surface area contributed by atoms with Gasteiger partial charge in [0.15, 0.2) is 5.92 Å². The van der Waals surface area contributed by atoms with Crippen LogP contribution in [0.5, 0.6) is 0 Å². The van der Waals surface area contributed by atoms with Crippen molar-refractivity contribution in [2.75, 3.05) is 6.61 Å². The van der Waals surface area contributed by atoms with Gasteiger partial charge in [-0.1, -0.05) is 27.7 Å². The van der Waals surface area contributed by atoms with Gasteiger partial charge in [0.25, 0.3) is 0 Å². The first-order valence-corrected chi connectivity index (χ1v) is 5.14. The molecular weight excluding hydrogens is 196 g/mol. The minimum atomic E-state index is -1.12. The van der Waals surface area contributed by atoms with Gasteiger partial charge in [0.05, 0.1) is 6.61 Å². The topological polar surface area (TPSA) is 63.6 Å². The Morgan fingerprint density at radius 3 is 2.07 bits per heavy atom. The van der Waals surface area contributed by atoms with Gasteiger partial charge >= 0.3 is 11.9 Å². The van der Waals surface area contributed by atoms with Gasteiger partial charge in [-0.15, -0.1) is 0 Å². The second-order valence-electron chi connectivity index (χ2n) is 4.50. The van der Waals surface area contributed by atoms with E-state index in [0.717, 1.165) is 0 Å². The predicted octanol–water partition coefficient (Wildman–Crippen LogP) is 1.93. The first kappa shape index (κ1) is 13.9. The van der Waals surface area contributed by atoms with E-state index in [2.05, 4.69) is 0 Å². The van der Waals surface area contributed by atoms with Crippen LogP contribution in [0.1, 0.15) is 34.6 Å². The van der Waals surface area contributed by atoms with Gasteiger partial charge in [0.1, 0.15) is 0 Å². The van der Waals surface area contributed by atoms with Gasteiger partial charge < -0.3 is 9.84 Å². The van der Waals surface area contributed by atoms with Crippen LogP contribution >= 0.6 is 0 Å². The molecule has 0 aliphatic rings. The molecule has 0 saturated carbocycles. The molecule has 0 bridgehead atoms. The number of aliphatic carboxylic acids is 1. The largest absolute Gasteiger partial charge is 0.481 e. The van der Waals surface area contributed by atoms with Crippen LogP contribution in [0.2, 0.25) is 0 Å². The molecule has 0 aromatic heterocycles. The molecule has 15 heavy (non-hydrogen) atoms. The van der Waals surface area contributed by atoms with Crippen molar-refractivity contribution in [2.24, 2.45) is 17.3 Å². The van der Waals surface area contributed by atoms with E-state index in [0.29, 0.717) is 0 Å². The van der Waals surface area contributed by atoms with Crippen molar-refractivity contribution >= 4 is 11.9 Å². The molecule has 0 radical (unpaired) electrons. The van der Waals surface area contributed by atoms with Gasteiger partial charge in [-0.2, -0.15) is 0 Å². The molecule has 0 aromatic rings. The van der Waals surface area contributed by atoms with Crippen molar-refractivity contribution in [2.45, 2.75) is 34.6 Å². The fraction of sp³-hybridized carbons (Fsp3) is 0.818. The van der Waals surface area contributed by atoms with E-state index in [1.54, 1.807) is 20.8 Å². The summed E-state index contributed by atoms with van der Waals surface area (Å²) in [6, 6.07) is 0. The lowest BCUT2D eigenvalue weighted by atomic mass is 9.70. The fourth-order valence-corrected chi connectivity index (χ4v) is 1.28. The van der Waals surface area contributed by atoms with E-state index >= 15 is 0 Å². The van der Waals surface area contributed by atoms with Crippen molar-refractivity contribution in [3.8, 4) is 0 Å². The zero-order chi connectivity index (χ0) is 12.2. The SMILES string of the molecule is CCOC(=O)C(C(=O)O)C(C)(C)C(C)C. The number of carboxylic acids is 1. The Kier molecular flexibility index (Phi) is 4.78. The molecule has 0 rings (SSSR count). The van der Waals surface area contributed by atoms with Crippen LogP contribution in [-0.2, 0) is 14.3 Å². The standard InChI is InChI=1S/C11H20O4/c1-6-15-10(14)8(9(12)13)11(4,5)7(2)3/h7-8H,6H2,1-5H3,(H,12,13). The van der Waals surface area contributed by atoms with Crippen LogP contribution in [0.15, 0.2) is 0 Å². The molecule has 1 atom stereocenters. The van der Waals surface area contributed by atoms with E-state index in [4.69, 9.17) is 9.84 Å². The molecule has 4 nitrogen and oxygen atoms in total. The highest BCUT2D eigenvalue weighted by molar-refractivity contribution is 5.94. The minimum absolute atomic E-state index is 0.0861. The Hall–Kier alpha value is -1.06. The Bertz CT molecular complexity index is 243. The van der Waals surface area contributed by atoms with Crippen LogP contribution in [-0.4, -0.2) is 23.7 Å². The average molecular weight is 216 g/mol. The summed E-state index contributed by atoms with van der Waals surface area (Å²) in [7, 11) is 0. The molecule has 88 valence electrons. The average Bonchev–Trinajstić information content (AvgIpc) is 2.02. The van der Waals surface area contributed by atoms with E-state index in [-0.39, 0.29) is 12.5 Å². The Morgan fingerprint density at radius 1 is 1.33 bits per heavy atom. The predicted molar refractivity (Wildman–Crippen MR) is 56.4 cm³/mol. The third-order valence-electron chi connectivity index (χ3n) is 3.00. The van der Waals surface area contributed by atoms with Gasteiger partial charge in [0.2, 0.25) is 0 Å². The second kappa shape index (κ2) is 5.14. The van der Waals surface area contributed by atoms with E-state index in [1.807, 2.05) is 13.8 Å². The van der Waals surface area contributed by atoms with Crippen LogP contribution in [0.3, 0.4) is 0 Å². The second-order valence-corrected chi connectivity index (χ2v) is 4.50. The Balaban J connectivity index is 4.97. The van der Waals surface area contributed by atoms with Gasteiger partial charge in [0, 0.05) is 0 Å². The summed E-state index contributed by atoms with van der Waals surface area (Å²) in [5, 5.41) is 9.05. The number of carboxylic acid groups (broad SMARTS) is 1. The highest BCUT2D eigenvalue weighted by atomic mass is 16.5. The summed E-state index contributed by atoms with van der Waals surface area (Å²) in [6.45, 7) is 9.21. The van der Waals surface area contributed by atoms with Crippen LogP contribution < -0.4 is 0 Å². The summed E-state index contributed by atoms with van der Waals surface area (Å²) in [5.41, 5.74) is -0.613. The molecule has 0 aliphatic heterocycles. The lowest BCUT2D eigenvalue weighted by Gasteiger charge is -2.33. The Labute approximate surface area is 90.6 Å². The summed E-state index contributed by atoms with van der Waals surface area (Å²) < 4.78 is 4.78. The maximum absolute atomic E-state index is 11.5. The summed E-state index contributed by atoms with van der Waals surface area (Å²) in [4.78, 5) is 22.6. The van der Waals surface area contributed by atoms with Crippen molar-refractivity contribution in [3.63, 3.8) is 0 Å². The van der Waals surface area contributed by atoms with Crippen LogP contribution in [0.4, 0.5) is 0 Å². The molecule has 1 unspecified atom stereocenters. The zero-order valence-corrected chi connectivity index (χ0v) is 10.0. The summed E-state index contributed by atoms with van der Waals surface area (Å²) >= 11 is 0. The lowest BCUT2D eigenvalue weighted by molar-refractivity contribution is -0.165. The number of hydrogen-bond donors (Lipinski definition) is 1. The third-order valence-corrected chi connectivity index (χ3v) is 3.00. The zero-order valence-electron chi connectivity index (χ0n) is 10.0. The highest BCUT2D eigenvalue weighted by Gasteiger charge is 2.43. The van der Waals surface area contributed by atoms with E-state index < -0.39 is 23.3 Å². The van der Waals surface area contributed by atoms with E-state index in [1.165, 1.54) is 0 Å². The third kappa shape index (κ3) is 3.22. The van der Waals surface area contributed by atoms with Crippen molar-refractivity contribution in [1.82, 2.24) is 0 Å². The number of ether oxygens (including phenoxy) is 1. The first-order valence-electron chi connectivity index (χ1n) is 5.14. The van der Waals surface area contributed by atoms with E-state index in [9.17, 15) is 9.59 Å². The van der Waals surface area contributed by atoms with Gasteiger partial charge in [-0.25, -0.2) is 0 Å². The van der Waals surface area contributed by atoms with Crippen molar-refractivity contribution in [1.29, 1.82) is 0 Å². The smallest absolute Gasteiger partial charge is 0.320 e. The number of esters is 1. The molecule has 0 aromatic carbocycles. The van der Waals surface area contributed by atoms with Gasteiger partial charge in [-0.05, 0) is 18.3 Å². The maximum atomic E-state index is 11.5. The highest BCUT2D eigenvalue weighted by Crippen LogP contribution is 2.36. The van der Waals surface area contributed by atoms with Gasteiger partial charge in [-0.3, -0.25) is 9.59 Å². The number of carbonyl (C=O) groups excluding carboxylic acids is 1. The quantitative estimate of drug-likeness (QED) is 0.563. The molecular formula is C11H20O4. The van der Waals surface area contributed by atoms with Crippen molar-refractivity contribution in [3.05, 3.63) is 0 Å². The molecule has 4 heteroatoms. The molecule has 0 amide bonds. The Morgan fingerprint density at radius 2 is 1.80 bits per heavy atom. The van der Waals surface area contributed by atoms with Crippen molar-refractivity contribution < 1.29 is 19.4 Å². The summed E-state index contributed by atoms with van der Waals surface area (Å²) in [6.07, 6.45) is 0. The molecule has 0 saturated heterocycles.